The Morgan fingerprint density at radius 2 is 1.71 bits per heavy atom. The summed E-state index contributed by atoms with van der Waals surface area (Å²) < 4.78 is 12.9. The van der Waals surface area contributed by atoms with E-state index in [1.165, 1.54) is 31.4 Å². The van der Waals surface area contributed by atoms with Gasteiger partial charge in [-0.25, -0.2) is 4.39 Å². The zero-order valence-electron chi connectivity index (χ0n) is 10.4. The number of likely N-dealkylation sites (tertiary alicyclic amines) is 1. The average molecular weight is 236 g/mol. The molecule has 1 saturated heterocycles. The van der Waals surface area contributed by atoms with Gasteiger partial charge in [-0.1, -0.05) is 18.6 Å². The van der Waals surface area contributed by atoms with Crippen molar-refractivity contribution in [1.82, 2.24) is 4.90 Å². The summed E-state index contributed by atoms with van der Waals surface area (Å²) in [6.07, 6.45) is 3.79. The number of nitrogens with zero attached hydrogens (tertiary/aromatic N) is 1. The number of nitrogens with two attached hydrogens (primary N) is 1. The Bertz CT molecular complexity index is 342. The predicted octanol–water partition coefficient (Wildman–Crippen LogP) is 2.70. The van der Waals surface area contributed by atoms with E-state index < -0.39 is 0 Å². The van der Waals surface area contributed by atoms with Crippen molar-refractivity contribution in [2.45, 2.75) is 38.3 Å². The SMILES string of the molecule is CC(N)C(c1ccc(F)cc1)N1CCCCC1. The maximum absolute atomic E-state index is 12.9. The van der Waals surface area contributed by atoms with E-state index in [0.29, 0.717) is 0 Å². The molecule has 2 N–H and O–H groups in total. The number of benzene rings is 1. The second-order valence-electron chi connectivity index (χ2n) is 4.95. The number of piperidine rings is 1. The molecule has 0 aliphatic carbocycles. The molecule has 2 nitrogen and oxygen atoms in total. The van der Waals surface area contributed by atoms with Crippen LogP contribution in [0.4, 0.5) is 4.39 Å². The first-order valence-electron chi connectivity index (χ1n) is 6.43. The van der Waals surface area contributed by atoms with Crippen molar-refractivity contribution in [3.8, 4) is 0 Å². The number of hydrogen-bond acceptors (Lipinski definition) is 2. The van der Waals surface area contributed by atoms with Gasteiger partial charge in [0.05, 0.1) is 0 Å². The minimum Gasteiger partial charge on any atom is -0.326 e. The molecule has 0 radical (unpaired) electrons. The Morgan fingerprint density at radius 3 is 2.24 bits per heavy atom. The molecule has 1 aliphatic rings. The van der Waals surface area contributed by atoms with Crippen LogP contribution in [0.25, 0.3) is 0 Å². The summed E-state index contributed by atoms with van der Waals surface area (Å²) in [4.78, 5) is 2.43. The molecule has 2 unspecified atom stereocenters. The van der Waals surface area contributed by atoms with Gasteiger partial charge in [-0.2, -0.15) is 0 Å². The summed E-state index contributed by atoms with van der Waals surface area (Å²) in [6.45, 7) is 4.23. The lowest BCUT2D eigenvalue weighted by molar-refractivity contribution is 0.146. The smallest absolute Gasteiger partial charge is 0.123 e. The fraction of sp³-hybridized carbons (Fsp3) is 0.571. The van der Waals surface area contributed by atoms with E-state index in [0.717, 1.165) is 18.7 Å². The molecule has 0 amide bonds. The molecule has 1 aliphatic heterocycles. The molecule has 3 heteroatoms. The molecule has 1 fully saturated rings. The van der Waals surface area contributed by atoms with Crippen LogP contribution in [0.5, 0.6) is 0 Å². The third-order valence-corrected chi connectivity index (χ3v) is 3.49. The molecule has 1 aromatic rings. The third-order valence-electron chi connectivity index (χ3n) is 3.49. The molecule has 94 valence electrons. The summed E-state index contributed by atoms with van der Waals surface area (Å²) in [5, 5.41) is 0. The highest BCUT2D eigenvalue weighted by Crippen LogP contribution is 2.26. The van der Waals surface area contributed by atoms with Crippen molar-refractivity contribution in [2.24, 2.45) is 5.73 Å². The van der Waals surface area contributed by atoms with Crippen LogP contribution in [0.3, 0.4) is 0 Å². The van der Waals surface area contributed by atoms with Crippen LogP contribution in [0.15, 0.2) is 24.3 Å². The van der Waals surface area contributed by atoms with Crippen LogP contribution < -0.4 is 5.73 Å². The van der Waals surface area contributed by atoms with Gasteiger partial charge >= 0.3 is 0 Å². The van der Waals surface area contributed by atoms with E-state index in [4.69, 9.17) is 5.73 Å². The van der Waals surface area contributed by atoms with Crippen LogP contribution >= 0.6 is 0 Å². The second-order valence-corrected chi connectivity index (χ2v) is 4.95. The van der Waals surface area contributed by atoms with Gasteiger partial charge in [0, 0.05) is 12.1 Å². The average Bonchev–Trinajstić information content (AvgIpc) is 2.33. The zero-order valence-corrected chi connectivity index (χ0v) is 10.4. The molecule has 2 atom stereocenters. The van der Waals surface area contributed by atoms with Gasteiger partial charge in [0.15, 0.2) is 0 Å². The summed E-state index contributed by atoms with van der Waals surface area (Å²) in [5.74, 6) is -0.184. The molecular weight excluding hydrogens is 215 g/mol. The normalized spacial score (nSPS) is 21.1. The first kappa shape index (κ1) is 12.5. The van der Waals surface area contributed by atoms with E-state index in [9.17, 15) is 4.39 Å². The summed E-state index contributed by atoms with van der Waals surface area (Å²) in [7, 11) is 0. The molecule has 17 heavy (non-hydrogen) atoms. The molecule has 1 aromatic carbocycles. The van der Waals surface area contributed by atoms with Gasteiger partial charge in [0.2, 0.25) is 0 Å². The maximum Gasteiger partial charge on any atom is 0.123 e. The highest BCUT2D eigenvalue weighted by atomic mass is 19.1. The topological polar surface area (TPSA) is 29.3 Å². The van der Waals surface area contributed by atoms with Crippen molar-refractivity contribution < 1.29 is 4.39 Å². The Morgan fingerprint density at radius 1 is 1.12 bits per heavy atom. The minimum absolute atomic E-state index is 0.0681. The Kier molecular flexibility index (Phi) is 4.13. The van der Waals surface area contributed by atoms with E-state index in [-0.39, 0.29) is 17.9 Å². The van der Waals surface area contributed by atoms with Crippen LogP contribution in [0, 0.1) is 5.82 Å². The van der Waals surface area contributed by atoms with E-state index in [2.05, 4.69) is 4.90 Å². The first-order valence-corrected chi connectivity index (χ1v) is 6.43. The monoisotopic (exact) mass is 236 g/mol. The fourth-order valence-electron chi connectivity index (χ4n) is 2.70. The van der Waals surface area contributed by atoms with Gasteiger partial charge in [-0.15, -0.1) is 0 Å². The van der Waals surface area contributed by atoms with Crippen molar-refractivity contribution in [3.63, 3.8) is 0 Å². The number of rotatable bonds is 3. The van der Waals surface area contributed by atoms with Gasteiger partial charge < -0.3 is 5.73 Å². The summed E-state index contributed by atoms with van der Waals surface area (Å²) in [6, 6.07) is 7.05. The Hall–Kier alpha value is -0.930. The van der Waals surface area contributed by atoms with Crippen LogP contribution in [0.2, 0.25) is 0 Å². The highest BCUT2D eigenvalue weighted by Gasteiger charge is 2.25. The second kappa shape index (κ2) is 5.61. The lowest BCUT2D eigenvalue weighted by Crippen LogP contribution is -2.42. The maximum atomic E-state index is 12.9. The van der Waals surface area contributed by atoms with E-state index in [1.807, 2.05) is 19.1 Å². The predicted molar refractivity (Wildman–Crippen MR) is 68.2 cm³/mol. The van der Waals surface area contributed by atoms with Crippen molar-refractivity contribution >= 4 is 0 Å². The van der Waals surface area contributed by atoms with Gasteiger partial charge in [0.1, 0.15) is 5.82 Å². The molecular formula is C14H21FN2. The molecule has 0 saturated carbocycles. The summed E-state index contributed by atoms with van der Waals surface area (Å²) in [5.41, 5.74) is 7.23. The fourth-order valence-corrected chi connectivity index (χ4v) is 2.70. The number of hydrogen-bond donors (Lipinski definition) is 1. The molecule has 0 bridgehead atoms. The van der Waals surface area contributed by atoms with Crippen LogP contribution in [0.1, 0.15) is 37.8 Å². The van der Waals surface area contributed by atoms with Crippen molar-refractivity contribution in [2.75, 3.05) is 13.1 Å². The quantitative estimate of drug-likeness (QED) is 0.874. The van der Waals surface area contributed by atoms with E-state index >= 15 is 0 Å². The highest BCUT2D eigenvalue weighted by molar-refractivity contribution is 5.21. The zero-order chi connectivity index (χ0) is 12.3. The van der Waals surface area contributed by atoms with E-state index in [1.54, 1.807) is 0 Å². The summed E-state index contributed by atoms with van der Waals surface area (Å²) >= 11 is 0. The minimum atomic E-state index is -0.184. The van der Waals surface area contributed by atoms with Crippen molar-refractivity contribution in [1.29, 1.82) is 0 Å². The molecule has 0 spiro atoms. The van der Waals surface area contributed by atoms with Gasteiger partial charge in [-0.3, -0.25) is 4.90 Å². The largest absolute Gasteiger partial charge is 0.326 e. The van der Waals surface area contributed by atoms with Crippen LogP contribution in [-0.2, 0) is 0 Å². The van der Waals surface area contributed by atoms with Crippen molar-refractivity contribution in [3.05, 3.63) is 35.6 Å². The van der Waals surface area contributed by atoms with Crippen LogP contribution in [-0.4, -0.2) is 24.0 Å². The number of halogens is 1. The molecule has 1 heterocycles. The standard InChI is InChI=1S/C14H21FN2/c1-11(16)14(17-9-3-2-4-10-17)12-5-7-13(15)8-6-12/h5-8,11,14H,2-4,9-10,16H2,1H3. The third kappa shape index (κ3) is 3.05. The first-order chi connectivity index (χ1) is 8.18. The Balaban J connectivity index is 2.18. The lowest BCUT2D eigenvalue weighted by atomic mass is 9.96. The molecule has 2 rings (SSSR count). The molecule has 0 aromatic heterocycles. The Labute approximate surface area is 103 Å². The van der Waals surface area contributed by atoms with Gasteiger partial charge in [0.25, 0.3) is 0 Å². The van der Waals surface area contributed by atoms with Gasteiger partial charge in [-0.05, 0) is 50.6 Å². The lowest BCUT2D eigenvalue weighted by Gasteiger charge is -2.37.